The van der Waals surface area contributed by atoms with E-state index >= 15 is 0 Å². The Kier molecular flexibility index (Phi) is 3.85. The standard InChI is InChI=1S/C13H19ClN2/c1-13(9-15-6-7-16-10-13)8-11-4-2-3-5-12(11)14/h2-5,15-16H,6-10H2,1H3. The third-order valence-corrected chi connectivity index (χ3v) is 3.53. The Morgan fingerprint density at radius 2 is 1.81 bits per heavy atom. The Morgan fingerprint density at radius 3 is 2.44 bits per heavy atom. The fourth-order valence-corrected chi connectivity index (χ4v) is 2.45. The van der Waals surface area contributed by atoms with Crippen molar-refractivity contribution in [3.8, 4) is 0 Å². The molecule has 1 aliphatic heterocycles. The first-order chi connectivity index (χ1) is 7.70. The van der Waals surface area contributed by atoms with Crippen molar-refractivity contribution in [2.24, 2.45) is 5.41 Å². The van der Waals surface area contributed by atoms with Gasteiger partial charge in [-0.1, -0.05) is 36.7 Å². The van der Waals surface area contributed by atoms with Crippen molar-refractivity contribution in [3.63, 3.8) is 0 Å². The minimum absolute atomic E-state index is 0.251. The topological polar surface area (TPSA) is 24.1 Å². The van der Waals surface area contributed by atoms with Crippen LogP contribution in [0.3, 0.4) is 0 Å². The molecule has 3 heteroatoms. The van der Waals surface area contributed by atoms with E-state index in [0.29, 0.717) is 0 Å². The van der Waals surface area contributed by atoms with Gasteiger partial charge in [0.25, 0.3) is 0 Å². The zero-order valence-corrected chi connectivity index (χ0v) is 10.5. The fraction of sp³-hybridized carbons (Fsp3) is 0.538. The normalized spacial score (nSPS) is 20.4. The van der Waals surface area contributed by atoms with Crippen LogP contribution in [0.25, 0.3) is 0 Å². The molecule has 1 saturated heterocycles. The Hall–Kier alpha value is -0.570. The van der Waals surface area contributed by atoms with Gasteiger partial charge >= 0.3 is 0 Å². The number of hydrogen-bond acceptors (Lipinski definition) is 2. The molecule has 1 aliphatic rings. The van der Waals surface area contributed by atoms with Crippen molar-refractivity contribution in [3.05, 3.63) is 34.9 Å². The van der Waals surface area contributed by atoms with Gasteiger partial charge in [-0.15, -0.1) is 0 Å². The van der Waals surface area contributed by atoms with E-state index in [0.717, 1.165) is 37.6 Å². The first-order valence-electron chi connectivity index (χ1n) is 5.84. The van der Waals surface area contributed by atoms with Gasteiger partial charge in [0.1, 0.15) is 0 Å². The molecule has 1 aromatic carbocycles. The Bertz CT molecular complexity index is 344. The Labute approximate surface area is 102 Å². The van der Waals surface area contributed by atoms with Crippen molar-refractivity contribution >= 4 is 11.6 Å². The molecule has 0 atom stereocenters. The van der Waals surface area contributed by atoms with E-state index in [9.17, 15) is 0 Å². The number of nitrogens with one attached hydrogen (secondary N) is 2. The molecule has 0 spiro atoms. The summed E-state index contributed by atoms with van der Waals surface area (Å²) in [4.78, 5) is 0. The van der Waals surface area contributed by atoms with Crippen LogP contribution in [0.2, 0.25) is 5.02 Å². The van der Waals surface area contributed by atoms with Crippen molar-refractivity contribution in [1.29, 1.82) is 0 Å². The second-order valence-electron chi connectivity index (χ2n) is 4.93. The molecule has 0 aliphatic carbocycles. The molecule has 0 saturated carbocycles. The fourth-order valence-electron chi connectivity index (χ4n) is 2.25. The van der Waals surface area contributed by atoms with E-state index in [2.05, 4.69) is 29.7 Å². The second kappa shape index (κ2) is 5.17. The van der Waals surface area contributed by atoms with Crippen LogP contribution >= 0.6 is 11.6 Å². The van der Waals surface area contributed by atoms with Gasteiger partial charge in [0.05, 0.1) is 0 Å². The van der Waals surface area contributed by atoms with Crippen LogP contribution < -0.4 is 10.6 Å². The zero-order chi connectivity index (χ0) is 11.4. The van der Waals surface area contributed by atoms with Gasteiger partial charge in [-0.3, -0.25) is 0 Å². The molecule has 1 heterocycles. The van der Waals surface area contributed by atoms with Gasteiger partial charge in [-0.25, -0.2) is 0 Å². The first-order valence-corrected chi connectivity index (χ1v) is 6.22. The predicted octanol–water partition coefficient (Wildman–Crippen LogP) is 2.08. The van der Waals surface area contributed by atoms with Crippen LogP contribution in [0, 0.1) is 5.41 Å². The summed E-state index contributed by atoms with van der Waals surface area (Å²) in [6, 6.07) is 8.14. The molecule has 2 nitrogen and oxygen atoms in total. The van der Waals surface area contributed by atoms with Crippen LogP contribution in [0.4, 0.5) is 0 Å². The summed E-state index contributed by atoms with van der Waals surface area (Å²) in [6.07, 6.45) is 1.02. The maximum absolute atomic E-state index is 6.21. The van der Waals surface area contributed by atoms with Crippen molar-refractivity contribution in [1.82, 2.24) is 10.6 Å². The molecule has 1 fully saturated rings. The van der Waals surface area contributed by atoms with Crippen molar-refractivity contribution < 1.29 is 0 Å². The summed E-state index contributed by atoms with van der Waals surface area (Å²) in [6.45, 7) is 6.51. The summed E-state index contributed by atoms with van der Waals surface area (Å²) in [7, 11) is 0. The highest BCUT2D eigenvalue weighted by molar-refractivity contribution is 6.31. The maximum Gasteiger partial charge on any atom is 0.0438 e. The Morgan fingerprint density at radius 1 is 1.19 bits per heavy atom. The minimum atomic E-state index is 0.251. The molecule has 16 heavy (non-hydrogen) atoms. The largest absolute Gasteiger partial charge is 0.315 e. The molecule has 0 radical (unpaired) electrons. The van der Waals surface area contributed by atoms with Gasteiger partial charge in [-0.05, 0) is 23.5 Å². The highest BCUT2D eigenvalue weighted by Crippen LogP contribution is 2.26. The smallest absolute Gasteiger partial charge is 0.0438 e. The lowest BCUT2D eigenvalue weighted by atomic mass is 9.83. The van der Waals surface area contributed by atoms with E-state index in [1.165, 1.54) is 5.56 Å². The summed E-state index contributed by atoms with van der Waals surface area (Å²) >= 11 is 6.21. The van der Waals surface area contributed by atoms with Crippen molar-refractivity contribution in [2.75, 3.05) is 26.2 Å². The zero-order valence-electron chi connectivity index (χ0n) is 9.72. The van der Waals surface area contributed by atoms with E-state index in [-0.39, 0.29) is 5.41 Å². The monoisotopic (exact) mass is 238 g/mol. The van der Waals surface area contributed by atoms with Gasteiger partial charge in [0, 0.05) is 31.2 Å². The average Bonchev–Trinajstić information content (AvgIpc) is 2.47. The lowest BCUT2D eigenvalue weighted by Gasteiger charge is -2.28. The second-order valence-corrected chi connectivity index (χ2v) is 5.34. The van der Waals surface area contributed by atoms with Gasteiger partial charge in [0.15, 0.2) is 0 Å². The molecular formula is C13H19ClN2. The molecule has 1 aromatic rings. The highest BCUT2D eigenvalue weighted by atomic mass is 35.5. The molecule has 0 unspecified atom stereocenters. The number of halogens is 1. The first kappa shape index (κ1) is 11.9. The van der Waals surface area contributed by atoms with Gasteiger partial charge in [0.2, 0.25) is 0 Å². The number of benzene rings is 1. The van der Waals surface area contributed by atoms with Crippen LogP contribution in [0.15, 0.2) is 24.3 Å². The lowest BCUT2D eigenvalue weighted by molar-refractivity contribution is 0.315. The van der Waals surface area contributed by atoms with E-state index < -0.39 is 0 Å². The van der Waals surface area contributed by atoms with Crippen LogP contribution in [-0.2, 0) is 6.42 Å². The quantitative estimate of drug-likeness (QED) is 0.825. The summed E-state index contributed by atoms with van der Waals surface area (Å²) in [5.74, 6) is 0. The molecule has 0 amide bonds. The molecule has 0 bridgehead atoms. The average molecular weight is 239 g/mol. The van der Waals surface area contributed by atoms with Crippen molar-refractivity contribution in [2.45, 2.75) is 13.3 Å². The third-order valence-electron chi connectivity index (χ3n) is 3.16. The summed E-state index contributed by atoms with van der Waals surface area (Å²) in [5.41, 5.74) is 1.50. The Balaban J connectivity index is 2.10. The molecule has 2 N–H and O–H groups in total. The summed E-state index contributed by atoms with van der Waals surface area (Å²) < 4.78 is 0. The van der Waals surface area contributed by atoms with Crippen LogP contribution in [0.1, 0.15) is 12.5 Å². The van der Waals surface area contributed by atoms with Crippen LogP contribution in [0.5, 0.6) is 0 Å². The molecule has 2 rings (SSSR count). The van der Waals surface area contributed by atoms with Gasteiger partial charge < -0.3 is 10.6 Å². The van der Waals surface area contributed by atoms with Crippen LogP contribution in [-0.4, -0.2) is 26.2 Å². The predicted molar refractivity (Wildman–Crippen MR) is 69.0 cm³/mol. The maximum atomic E-state index is 6.21. The van der Waals surface area contributed by atoms with Gasteiger partial charge in [-0.2, -0.15) is 0 Å². The van der Waals surface area contributed by atoms with E-state index in [1.807, 2.05) is 12.1 Å². The number of rotatable bonds is 2. The number of hydrogen-bond donors (Lipinski definition) is 2. The summed E-state index contributed by atoms with van der Waals surface area (Å²) in [5, 5.41) is 7.83. The minimum Gasteiger partial charge on any atom is -0.315 e. The van der Waals surface area contributed by atoms with E-state index in [1.54, 1.807) is 0 Å². The third kappa shape index (κ3) is 2.97. The van der Waals surface area contributed by atoms with E-state index in [4.69, 9.17) is 11.6 Å². The molecular weight excluding hydrogens is 220 g/mol. The molecule has 0 aromatic heterocycles. The SMILES string of the molecule is CC1(Cc2ccccc2Cl)CNCCNC1. The highest BCUT2D eigenvalue weighted by Gasteiger charge is 2.26. The molecule has 88 valence electrons. The lowest BCUT2D eigenvalue weighted by Crippen LogP contribution is -2.37.